The topological polar surface area (TPSA) is 46.3 Å². The van der Waals surface area contributed by atoms with Crippen molar-refractivity contribution in [2.45, 2.75) is 52.5 Å². The van der Waals surface area contributed by atoms with Crippen molar-refractivity contribution in [3.63, 3.8) is 0 Å². The summed E-state index contributed by atoms with van der Waals surface area (Å²) >= 11 is 0. The summed E-state index contributed by atoms with van der Waals surface area (Å²) in [6.07, 6.45) is 4.21. The first-order valence-electron chi connectivity index (χ1n) is 5.99. The van der Waals surface area contributed by atoms with Crippen molar-refractivity contribution in [3.05, 3.63) is 0 Å². The Kier molecular flexibility index (Phi) is 7.39. The summed E-state index contributed by atoms with van der Waals surface area (Å²) in [6.45, 7) is 7.17. The van der Waals surface area contributed by atoms with E-state index in [1.54, 1.807) is 4.90 Å². The molecule has 0 aliphatic rings. The predicted molar refractivity (Wildman–Crippen MR) is 64.6 cm³/mol. The lowest BCUT2D eigenvalue weighted by Crippen LogP contribution is -2.42. The molecule has 3 nitrogen and oxygen atoms in total. The minimum atomic E-state index is -0.323. The monoisotopic (exact) mass is 214 g/mol. The second-order valence-corrected chi connectivity index (χ2v) is 4.70. The van der Waals surface area contributed by atoms with Gasteiger partial charge in [0.2, 0.25) is 5.91 Å². The van der Waals surface area contributed by atoms with Crippen LogP contribution in [0.25, 0.3) is 0 Å². The second kappa shape index (κ2) is 7.69. The Morgan fingerprint density at radius 3 is 2.40 bits per heavy atom. The normalized spacial score (nSPS) is 12.9. The van der Waals surface area contributed by atoms with Crippen LogP contribution in [0.5, 0.6) is 0 Å². The first-order valence-corrected chi connectivity index (χ1v) is 5.99. The Hall–Kier alpha value is -0.570. The van der Waals surface area contributed by atoms with Gasteiger partial charge in [0.05, 0.1) is 6.04 Å². The highest BCUT2D eigenvalue weighted by Gasteiger charge is 2.18. The van der Waals surface area contributed by atoms with Crippen LogP contribution in [0.15, 0.2) is 0 Å². The van der Waals surface area contributed by atoms with E-state index in [9.17, 15) is 4.79 Å². The van der Waals surface area contributed by atoms with Crippen molar-refractivity contribution >= 4 is 5.91 Å². The van der Waals surface area contributed by atoms with Gasteiger partial charge in [0, 0.05) is 13.6 Å². The molecule has 0 fully saturated rings. The lowest BCUT2D eigenvalue weighted by Gasteiger charge is -2.22. The Labute approximate surface area is 94.0 Å². The van der Waals surface area contributed by atoms with Crippen LogP contribution in [0, 0.1) is 5.92 Å². The maximum absolute atomic E-state index is 11.8. The summed E-state index contributed by atoms with van der Waals surface area (Å²) < 4.78 is 0. The van der Waals surface area contributed by atoms with E-state index in [1.165, 1.54) is 12.8 Å². The van der Waals surface area contributed by atoms with Crippen molar-refractivity contribution in [1.82, 2.24) is 4.90 Å². The van der Waals surface area contributed by atoms with Crippen LogP contribution in [0.1, 0.15) is 46.5 Å². The molecule has 0 saturated heterocycles. The zero-order valence-corrected chi connectivity index (χ0v) is 10.6. The number of carbonyl (C=O) groups excluding carboxylic acids is 1. The Morgan fingerprint density at radius 1 is 1.33 bits per heavy atom. The zero-order valence-electron chi connectivity index (χ0n) is 10.6. The minimum Gasteiger partial charge on any atom is -0.344 e. The molecule has 0 aromatic rings. The predicted octanol–water partition coefficient (Wildman–Crippen LogP) is 2.01. The largest absolute Gasteiger partial charge is 0.344 e. The molecule has 0 unspecified atom stereocenters. The maximum Gasteiger partial charge on any atom is 0.239 e. The minimum absolute atomic E-state index is 0.0832. The molecule has 0 aliphatic carbocycles. The number of likely N-dealkylation sites (N-methyl/N-ethyl adjacent to an activating group) is 1. The lowest BCUT2D eigenvalue weighted by molar-refractivity contribution is -0.131. The fourth-order valence-electron chi connectivity index (χ4n) is 1.60. The van der Waals surface area contributed by atoms with E-state index < -0.39 is 0 Å². The van der Waals surface area contributed by atoms with Crippen LogP contribution < -0.4 is 5.73 Å². The lowest BCUT2D eigenvalue weighted by atomic mass is 10.0. The van der Waals surface area contributed by atoms with Gasteiger partial charge in [0.15, 0.2) is 0 Å². The molecule has 0 bridgehead atoms. The van der Waals surface area contributed by atoms with E-state index in [0.717, 1.165) is 19.4 Å². The molecule has 0 heterocycles. The van der Waals surface area contributed by atoms with Gasteiger partial charge in [-0.2, -0.15) is 0 Å². The van der Waals surface area contributed by atoms with E-state index in [4.69, 9.17) is 5.73 Å². The van der Waals surface area contributed by atoms with Crippen molar-refractivity contribution in [3.8, 4) is 0 Å². The number of unbranched alkanes of at least 4 members (excludes halogenated alkanes) is 2. The van der Waals surface area contributed by atoms with Crippen LogP contribution in [0.2, 0.25) is 0 Å². The Bertz CT molecular complexity index is 180. The van der Waals surface area contributed by atoms with Gasteiger partial charge < -0.3 is 10.6 Å². The van der Waals surface area contributed by atoms with Crippen molar-refractivity contribution in [1.29, 1.82) is 0 Å². The zero-order chi connectivity index (χ0) is 11.8. The molecule has 2 N–H and O–H groups in total. The quantitative estimate of drug-likeness (QED) is 0.659. The molecule has 0 aromatic heterocycles. The van der Waals surface area contributed by atoms with E-state index in [0.29, 0.717) is 5.92 Å². The van der Waals surface area contributed by atoms with Gasteiger partial charge in [-0.25, -0.2) is 0 Å². The van der Waals surface area contributed by atoms with E-state index in [1.807, 2.05) is 7.05 Å². The number of carbonyl (C=O) groups is 1. The molecule has 15 heavy (non-hydrogen) atoms. The van der Waals surface area contributed by atoms with E-state index in [2.05, 4.69) is 20.8 Å². The van der Waals surface area contributed by atoms with E-state index >= 15 is 0 Å². The molecule has 0 radical (unpaired) electrons. The van der Waals surface area contributed by atoms with Crippen LogP contribution in [-0.2, 0) is 4.79 Å². The fourth-order valence-corrected chi connectivity index (χ4v) is 1.60. The average Bonchev–Trinajstić information content (AvgIpc) is 2.15. The smallest absolute Gasteiger partial charge is 0.239 e. The van der Waals surface area contributed by atoms with Crippen molar-refractivity contribution in [2.75, 3.05) is 13.6 Å². The SMILES string of the molecule is CCCCCN(C)C(=O)[C@@H](N)CC(C)C. The van der Waals surface area contributed by atoms with Gasteiger partial charge in [-0.15, -0.1) is 0 Å². The summed E-state index contributed by atoms with van der Waals surface area (Å²) in [4.78, 5) is 13.5. The number of nitrogens with two attached hydrogens (primary N) is 1. The average molecular weight is 214 g/mol. The van der Waals surface area contributed by atoms with Crippen LogP contribution in [-0.4, -0.2) is 30.4 Å². The van der Waals surface area contributed by atoms with Crippen LogP contribution in [0.3, 0.4) is 0 Å². The molecule has 1 atom stereocenters. The third kappa shape index (κ3) is 6.50. The first kappa shape index (κ1) is 14.4. The second-order valence-electron chi connectivity index (χ2n) is 4.70. The summed E-state index contributed by atoms with van der Waals surface area (Å²) in [7, 11) is 1.85. The summed E-state index contributed by atoms with van der Waals surface area (Å²) in [5, 5.41) is 0. The highest BCUT2D eigenvalue weighted by molar-refractivity contribution is 5.81. The number of rotatable bonds is 7. The van der Waals surface area contributed by atoms with Gasteiger partial charge in [0.1, 0.15) is 0 Å². The fraction of sp³-hybridized carbons (Fsp3) is 0.917. The third-order valence-electron chi connectivity index (χ3n) is 2.52. The van der Waals surface area contributed by atoms with Crippen molar-refractivity contribution in [2.24, 2.45) is 11.7 Å². The highest BCUT2D eigenvalue weighted by atomic mass is 16.2. The number of nitrogens with zero attached hydrogens (tertiary/aromatic N) is 1. The summed E-state index contributed by atoms with van der Waals surface area (Å²) in [5.74, 6) is 0.563. The summed E-state index contributed by atoms with van der Waals surface area (Å²) in [6, 6.07) is -0.323. The van der Waals surface area contributed by atoms with E-state index in [-0.39, 0.29) is 11.9 Å². The molecular weight excluding hydrogens is 188 g/mol. The molecule has 0 spiro atoms. The van der Waals surface area contributed by atoms with Gasteiger partial charge in [-0.3, -0.25) is 4.79 Å². The van der Waals surface area contributed by atoms with Gasteiger partial charge in [-0.05, 0) is 18.8 Å². The van der Waals surface area contributed by atoms with Crippen LogP contribution >= 0.6 is 0 Å². The summed E-state index contributed by atoms with van der Waals surface area (Å²) in [5.41, 5.74) is 5.83. The van der Waals surface area contributed by atoms with Crippen LogP contribution in [0.4, 0.5) is 0 Å². The molecule has 1 amide bonds. The van der Waals surface area contributed by atoms with Crippen molar-refractivity contribution < 1.29 is 4.79 Å². The molecule has 3 heteroatoms. The Morgan fingerprint density at radius 2 is 1.93 bits per heavy atom. The number of hydrogen-bond donors (Lipinski definition) is 1. The third-order valence-corrected chi connectivity index (χ3v) is 2.52. The molecule has 0 rings (SSSR count). The molecule has 0 saturated carbocycles. The molecule has 0 aromatic carbocycles. The number of hydrogen-bond acceptors (Lipinski definition) is 2. The highest BCUT2D eigenvalue weighted by Crippen LogP contribution is 2.06. The molecular formula is C12H26N2O. The van der Waals surface area contributed by atoms with Gasteiger partial charge in [0.25, 0.3) is 0 Å². The van der Waals surface area contributed by atoms with Gasteiger partial charge in [-0.1, -0.05) is 33.6 Å². The Balaban J connectivity index is 3.85. The first-order chi connectivity index (χ1) is 6.99. The molecule has 90 valence electrons. The molecule has 0 aliphatic heterocycles. The van der Waals surface area contributed by atoms with Gasteiger partial charge >= 0.3 is 0 Å². The number of amides is 1. The standard InChI is InChI=1S/C12H26N2O/c1-5-6-7-8-14(4)12(15)11(13)9-10(2)3/h10-11H,5-9,13H2,1-4H3/t11-/m0/s1. The maximum atomic E-state index is 11.8.